The third-order valence-corrected chi connectivity index (χ3v) is 8.47. The molecule has 0 saturated carbocycles. The molecule has 6 nitrogen and oxygen atoms in total. The van der Waals surface area contributed by atoms with E-state index in [1.54, 1.807) is 13.0 Å². The normalized spacial score (nSPS) is 17.1. The summed E-state index contributed by atoms with van der Waals surface area (Å²) < 4.78 is 28.2. The molecule has 41 heavy (non-hydrogen) atoms. The third kappa shape index (κ3) is 8.30. The highest BCUT2D eigenvalue weighted by Gasteiger charge is 2.25. The number of H-pyrrole nitrogens is 1. The van der Waals surface area contributed by atoms with E-state index in [1.807, 2.05) is 49.9 Å². The van der Waals surface area contributed by atoms with E-state index in [2.05, 4.69) is 16.9 Å². The average Bonchev–Trinajstić information content (AvgIpc) is 3.37. The number of hydrogen-bond acceptors (Lipinski definition) is 4. The van der Waals surface area contributed by atoms with Crippen molar-refractivity contribution < 1.29 is 18.4 Å². The number of aromatic nitrogens is 1. The lowest BCUT2D eigenvalue weighted by Crippen LogP contribution is -2.41. The summed E-state index contributed by atoms with van der Waals surface area (Å²) in [6.07, 6.45) is 7.00. The van der Waals surface area contributed by atoms with Crippen molar-refractivity contribution in [1.82, 2.24) is 9.88 Å². The van der Waals surface area contributed by atoms with Crippen LogP contribution in [-0.4, -0.2) is 46.6 Å². The second-order valence-corrected chi connectivity index (χ2v) is 11.4. The van der Waals surface area contributed by atoms with E-state index < -0.39 is 11.7 Å². The number of aromatic amines is 1. The number of hydrogen-bond donors (Lipinski definition) is 3. The maximum absolute atomic E-state index is 14.3. The first-order chi connectivity index (χ1) is 19.4. The van der Waals surface area contributed by atoms with E-state index in [0.29, 0.717) is 18.0 Å². The quantitative estimate of drug-likeness (QED) is 0.140. The summed E-state index contributed by atoms with van der Waals surface area (Å²) in [5.74, 6) is -0.961. The number of piperidine rings is 1. The van der Waals surface area contributed by atoms with Gasteiger partial charge in [-0.3, -0.25) is 9.59 Å². The molecule has 1 saturated heterocycles. The Morgan fingerprint density at radius 1 is 1.17 bits per heavy atom. The highest BCUT2D eigenvalue weighted by Crippen LogP contribution is 2.37. The Kier molecular flexibility index (Phi) is 11.3. The highest BCUT2D eigenvalue weighted by atomic mass is 32.2. The predicted molar refractivity (Wildman–Crippen MR) is 166 cm³/mol. The lowest BCUT2D eigenvalue weighted by Gasteiger charge is -2.28. The van der Waals surface area contributed by atoms with E-state index in [-0.39, 0.29) is 23.1 Å². The number of halogens is 2. The topological polar surface area (TPSA) is 91.2 Å². The number of rotatable bonds is 7. The molecule has 220 valence electrons. The Bertz CT molecular complexity index is 1390. The zero-order valence-corrected chi connectivity index (χ0v) is 25.3. The van der Waals surface area contributed by atoms with Gasteiger partial charge in [-0.05, 0) is 88.4 Å². The molecule has 0 bridgehead atoms. The molecule has 0 aliphatic carbocycles. The standard InChI is InChI=1S/C25H26F2N2OS.C7H14N2O/c1-6-7-8-22(27)21(16(4)26)13-31-18-9-10-23-19(11-18)20(25(30)29-23)12-24-15(3)14(2)17(5)28-24;1-6(10)9-4-2-7(8)3-5-9/h6,8-12,28H,1,7,13H2,2-5H3,(H,29,30);7H,2-5,8H2,1H3/b20-12-,21-16+,22-8+;. The third-order valence-electron chi connectivity index (χ3n) is 7.45. The Labute approximate surface area is 245 Å². The number of fused-ring (bicyclic) bond motifs is 1. The van der Waals surface area contributed by atoms with E-state index in [1.165, 1.54) is 30.3 Å². The van der Waals surface area contributed by atoms with Gasteiger partial charge in [0.05, 0.1) is 5.57 Å². The van der Waals surface area contributed by atoms with Gasteiger partial charge in [-0.2, -0.15) is 0 Å². The number of amides is 2. The van der Waals surface area contributed by atoms with Gasteiger partial charge in [0.25, 0.3) is 5.91 Å². The number of nitrogens with zero attached hydrogens (tertiary/aromatic N) is 1. The first-order valence-electron chi connectivity index (χ1n) is 13.7. The minimum absolute atomic E-state index is 0.0327. The zero-order chi connectivity index (χ0) is 30.3. The summed E-state index contributed by atoms with van der Waals surface area (Å²) in [5.41, 5.74) is 12.0. The van der Waals surface area contributed by atoms with Gasteiger partial charge < -0.3 is 20.9 Å². The number of carbonyl (C=O) groups excluding carboxylic acids is 2. The van der Waals surface area contributed by atoms with Crippen molar-refractivity contribution in [3.05, 3.63) is 82.2 Å². The first-order valence-corrected chi connectivity index (χ1v) is 14.7. The SMILES string of the molecule is C=CC/C=C(F)\C(CSc1ccc2c(c1)/C(=C/c1[nH]c(C)c(C)c1C)C(=O)N2)=C(/C)F.CC(=O)N1CCC(N)CC1. The zero-order valence-electron chi connectivity index (χ0n) is 24.5. The van der Waals surface area contributed by atoms with Crippen molar-refractivity contribution in [2.24, 2.45) is 5.73 Å². The number of allylic oxidation sites excluding steroid dienone is 4. The molecule has 9 heteroatoms. The summed E-state index contributed by atoms with van der Waals surface area (Å²) in [6, 6.07) is 5.87. The van der Waals surface area contributed by atoms with Crippen LogP contribution < -0.4 is 11.1 Å². The van der Waals surface area contributed by atoms with Crippen LogP contribution in [0.4, 0.5) is 14.5 Å². The maximum Gasteiger partial charge on any atom is 0.256 e. The number of benzene rings is 1. The Balaban J connectivity index is 0.000000389. The van der Waals surface area contributed by atoms with Crippen LogP contribution in [0, 0.1) is 20.8 Å². The smallest absolute Gasteiger partial charge is 0.256 e. The highest BCUT2D eigenvalue weighted by molar-refractivity contribution is 7.99. The summed E-state index contributed by atoms with van der Waals surface area (Å²) in [6.45, 7) is 14.2. The first kappa shape index (κ1) is 32.1. The number of nitrogens with one attached hydrogen (secondary N) is 2. The van der Waals surface area contributed by atoms with Crippen molar-refractivity contribution in [3.63, 3.8) is 0 Å². The van der Waals surface area contributed by atoms with Crippen molar-refractivity contribution in [1.29, 1.82) is 0 Å². The molecule has 2 aliphatic rings. The van der Waals surface area contributed by atoms with Gasteiger partial charge in [0.1, 0.15) is 11.7 Å². The Morgan fingerprint density at radius 2 is 1.85 bits per heavy atom. The second-order valence-electron chi connectivity index (χ2n) is 10.4. The van der Waals surface area contributed by atoms with E-state index in [0.717, 1.165) is 59.0 Å². The molecular weight excluding hydrogens is 542 g/mol. The van der Waals surface area contributed by atoms with Crippen molar-refractivity contribution in [2.75, 3.05) is 24.2 Å². The predicted octanol–water partition coefficient (Wildman–Crippen LogP) is 7.15. The Hall–Kier alpha value is -3.43. The van der Waals surface area contributed by atoms with E-state index >= 15 is 0 Å². The molecule has 2 amide bonds. The van der Waals surface area contributed by atoms with Crippen LogP contribution in [0.5, 0.6) is 0 Å². The minimum Gasteiger partial charge on any atom is -0.359 e. The molecule has 0 radical (unpaired) electrons. The molecule has 1 aromatic heterocycles. The molecule has 0 unspecified atom stereocenters. The van der Waals surface area contributed by atoms with Crippen LogP contribution in [0.15, 0.2) is 59.1 Å². The molecule has 3 heterocycles. The number of anilines is 1. The average molecular weight is 583 g/mol. The number of nitrogens with two attached hydrogens (primary N) is 1. The van der Waals surface area contributed by atoms with Crippen LogP contribution in [0.2, 0.25) is 0 Å². The molecule has 1 aromatic carbocycles. The molecule has 4 rings (SSSR count). The summed E-state index contributed by atoms with van der Waals surface area (Å²) in [4.78, 5) is 29.4. The lowest BCUT2D eigenvalue weighted by molar-refractivity contribution is -0.129. The molecule has 0 spiro atoms. The van der Waals surface area contributed by atoms with Gasteiger partial charge in [-0.1, -0.05) is 6.08 Å². The van der Waals surface area contributed by atoms with Crippen LogP contribution in [0.1, 0.15) is 61.2 Å². The van der Waals surface area contributed by atoms with Crippen LogP contribution in [-0.2, 0) is 9.59 Å². The lowest BCUT2D eigenvalue weighted by atomic mass is 10.0. The maximum atomic E-state index is 14.3. The monoisotopic (exact) mass is 582 g/mol. The van der Waals surface area contributed by atoms with Crippen molar-refractivity contribution in [3.8, 4) is 0 Å². The number of likely N-dealkylation sites (tertiary alicyclic amines) is 1. The summed E-state index contributed by atoms with van der Waals surface area (Å²) in [7, 11) is 0. The second kappa shape index (κ2) is 14.5. The molecule has 4 N–H and O–H groups in total. The van der Waals surface area contributed by atoms with Gasteiger partial charge in [0.2, 0.25) is 5.91 Å². The van der Waals surface area contributed by atoms with Gasteiger partial charge in [0.15, 0.2) is 0 Å². The number of carbonyl (C=O) groups is 2. The van der Waals surface area contributed by atoms with Crippen LogP contribution in [0.3, 0.4) is 0 Å². The molecule has 2 aromatic rings. The van der Waals surface area contributed by atoms with Gasteiger partial charge in [-0.25, -0.2) is 8.78 Å². The van der Waals surface area contributed by atoms with Gasteiger partial charge >= 0.3 is 0 Å². The molecular formula is C32H40F2N4O2S. The molecule has 0 atom stereocenters. The summed E-state index contributed by atoms with van der Waals surface area (Å²) in [5, 5.41) is 2.88. The largest absolute Gasteiger partial charge is 0.359 e. The summed E-state index contributed by atoms with van der Waals surface area (Å²) >= 11 is 1.33. The fourth-order valence-electron chi connectivity index (χ4n) is 4.57. The van der Waals surface area contributed by atoms with Crippen molar-refractivity contribution in [2.45, 2.75) is 64.8 Å². The number of thioether (sulfide) groups is 1. The molecule has 1 fully saturated rings. The van der Waals surface area contributed by atoms with Crippen LogP contribution in [0.25, 0.3) is 11.6 Å². The fraction of sp³-hybridized carbons (Fsp3) is 0.375. The van der Waals surface area contributed by atoms with Gasteiger partial charge in [-0.15, -0.1) is 18.3 Å². The fourth-order valence-corrected chi connectivity index (χ4v) is 5.59. The van der Waals surface area contributed by atoms with Crippen LogP contribution >= 0.6 is 11.8 Å². The Morgan fingerprint density at radius 3 is 2.41 bits per heavy atom. The van der Waals surface area contributed by atoms with E-state index in [9.17, 15) is 18.4 Å². The van der Waals surface area contributed by atoms with E-state index in [4.69, 9.17) is 5.73 Å². The minimum atomic E-state index is -0.570. The van der Waals surface area contributed by atoms with Gasteiger partial charge in [0, 0.05) is 64.9 Å². The number of aryl methyl sites for hydroxylation is 1. The molecule has 2 aliphatic heterocycles. The van der Waals surface area contributed by atoms with Crippen molar-refractivity contribution >= 4 is 40.9 Å².